The SMILES string of the molecule is CC1CCC(C(C)C)C(N)(c2ccc(F)c(F)c2)C1. The van der Waals surface area contributed by atoms with Gasteiger partial charge in [-0.15, -0.1) is 0 Å². The van der Waals surface area contributed by atoms with E-state index in [1.54, 1.807) is 6.07 Å². The van der Waals surface area contributed by atoms with Gasteiger partial charge in [-0.2, -0.15) is 0 Å². The van der Waals surface area contributed by atoms with Crippen molar-refractivity contribution in [3.8, 4) is 0 Å². The van der Waals surface area contributed by atoms with E-state index in [1.807, 2.05) is 0 Å². The summed E-state index contributed by atoms with van der Waals surface area (Å²) < 4.78 is 26.6. The number of hydrogen-bond donors (Lipinski definition) is 1. The highest BCUT2D eigenvalue weighted by atomic mass is 19.2. The van der Waals surface area contributed by atoms with E-state index >= 15 is 0 Å². The van der Waals surface area contributed by atoms with Crippen molar-refractivity contribution in [1.29, 1.82) is 0 Å². The largest absolute Gasteiger partial charge is 0.321 e. The fourth-order valence-corrected chi connectivity index (χ4v) is 3.60. The Balaban J connectivity index is 2.43. The van der Waals surface area contributed by atoms with Gasteiger partial charge in [0.05, 0.1) is 0 Å². The first kappa shape index (κ1) is 14.4. The highest BCUT2D eigenvalue weighted by Gasteiger charge is 2.42. The summed E-state index contributed by atoms with van der Waals surface area (Å²) in [6.07, 6.45) is 3.04. The second-order valence-corrected chi connectivity index (χ2v) is 6.41. The van der Waals surface area contributed by atoms with Gasteiger partial charge in [-0.25, -0.2) is 8.78 Å². The maximum atomic E-state index is 13.5. The minimum atomic E-state index is -0.808. The van der Waals surface area contributed by atoms with Gasteiger partial charge in [0.25, 0.3) is 0 Å². The molecule has 19 heavy (non-hydrogen) atoms. The lowest BCUT2D eigenvalue weighted by Gasteiger charge is -2.46. The van der Waals surface area contributed by atoms with E-state index < -0.39 is 17.2 Å². The fourth-order valence-electron chi connectivity index (χ4n) is 3.60. The molecule has 1 fully saturated rings. The first-order valence-electron chi connectivity index (χ1n) is 7.09. The Kier molecular flexibility index (Phi) is 3.95. The Morgan fingerprint density at radius 1 is 1.21 bits per heavy atom. The summed E-state index contributed by atoms with van der Waals surface area (Å²) in [5, 5.41) is 0. The molecule has 3 unspecified atom stereocenters. The van der Waals surface area contributed by atoms with Crippen molar-refractivity contribution >= 4 is 0 Å². The average Bonchev–Trinajstić information content (AvgIpc) is 2.31. The van der Waals surface area contributed by atoms with Crippen LogP contribution in [0.2, 0.25) is 0 Å². The molecule has 2 rings (SSSR count). The second-order valence-electron chi connectivity index (χ2n) is 6.41. The zero-order valence-corrected chi connectivity index (χ0v) is 11.9. The van der Waals surface area contributed by atoms with E-state index in [0.29, 0.717) is 17.8 Å². The number of rotatable bonds is 2. The summed E-state index contributed by atoms with van der Waals surface area (Å²) in [5.41, 5.74) is 6.84. The Morgan fingerprint density at radius 3 is 2.47 bits per heavy atom. The van der Waals surface area contributed by atoms with Crippen LogP contribution in [0.15, 0.2) is 18.2 Å². The van der Waals surface area contributed by atoms with Crippen LogP contribution in [0.1, 0.15) is 45.6 Å². The zero-order chi connectivity index (χ0) is 14.2. The average molecular weight is 267 g/mol. The molecule has 0 aromatic heterocycles. The summed E-state index contributed by atoms with van der Waals surface area (Å²) in [5.74, 6) is -0.340. The van der Waals surface area contributed by atoms with Gasteiger partial charge in [0.1, 0.15) is 0 Å². The molecular formula is C16H23F2N. The summed E-state index contributed by atoms with van der Waals surface area (Å²) >= 11 is 0. The zero-order valence-electron chi connectivity index (χ0n) is 11.9. The molecule has 0 bridgehead atoms. The molecule has 0 spiro atoms. The third-order valence-corrected chi connectivity index (χ3v) is 4.58. The van der Waals surface area contributed by atoms with E-state index in [0.717, 1.165) is 24.8 Å². The first-order chi connectivity index (χ1) is 8.84. The fraction of sp³-hybridized carbons (Fsp3) is 0.625. The van der Waals surface area contributed by atoms with E-state index in [1.165, 1.54) is 12.1 Å². The van der Waals surface area contributed by atoms with Gasteiger partial charge in [0.2, 0.25) is 0 Å². The van der Waals surface area contributed by atoms with Crippen molar-refractivity contribution in [3.63, 3.8) is 0 Å². The van der Waals surface area contributed by atoms with Gasteiger partial charge < -0.3 is 5.73 Å². The third kappa shape index (κ3) is 2.66. The molecule has 3 heteroatoms. The smallest absolute Gasteiger partial charge is 0.159 e. The molecule has 1 nitrogen and oxygen atoms in total. The molecule has 1 aromatic rings. The Labute approximate surface area is 114 Å². The Hall–Kier alpha value is -0.960. The highest BCUT2D eigenvalue weighted by Crippen LogP contribution is 2.45. The van der Waals surface area contributed by atoms with Crippen molar-refractivity contribution in [2.45, 2.75) is 45.6 Å². The summed E-state index contributed by atoms with van der Waals surface area (Å²) in [6, 6.07) is 4.12. The number of benzene rings is 1. The minimum Gasteiger partial charge on any atom is -0.321 e. The summed E-state index contributed by atoms with van der Waals surface area (Å²) in [4.78, 5) is 0. The van der Waals surface area contributed by atoms with Crippen LogP contribution < -0.4 is 5.73 Å². The molecule has 1 aromatic carbocycles. The van der Waals surface area contributed by atoms with Crippen LogP contribution in [-0.4, -0.2) is 0 Å². The molecule has 106 valence electrons. The molecule has 1 saturated carbocycles. The topological polar surface area (TPSA) is 26.0 Å². The van der Waals surface area contributed by atoms with Crippen LogP contribution in [0.3, 0.4) is 0 Å². The van der Waals surface area contributed by atoms with Gasteiger partial charge in [-0.3, -0.25) is 0 Å². The van der Waals surface area contributed by atoms with Gasteiger partial charge >= 0.3 is 0 Å². The summed E-state index contributed by atoms with van der Waals surface area (Å²) in [6.45, 7) is 6.49. The van der Waals surface area contributed by atoms with Crippen LogP contribution in [0, 0.1) is 29.4 Å². The van der Waals surface area contributed by atoms with Crippen molar-refractivity contribution < 1.29 is 8.78 Å². The molecule has 3 atom stereocenters. The number of halogens is 2. The van der Waals surface area contributed by atoms with Crippen LogP contribution >= 0.6 is 0 Å². The lowest BCUT2D eigenvalue weighted by Crippen LogP contribution is -2.50. The molecule has 0 heterocycles. The monoisotopic (exact) mass is 267 g/mol. The molecule has 0 aliphatic heterocycles. The quantitative estimate of drug-likeness (QED) is 0.853. The summed E-state index contributed by atoms with van der Waals surface area (Å²) in [7, 11) is 0. The number of hydrogen-bond acceptors (Lipinski definition) is 1. The van der Waals surface area contributed by atoms with E-state index in [9.17, 15) is 8.78 Å². The van der Waals surface area contributed by atoms with Gasteiger partial charge in [0, 0.05) is 5.54 Å². The maximum absolute atomic E-state index is 13.5. The van der Waals surface area contributed by atoms with Crippen molar-refractivity contribution in [2.75, 3.05) is 0 Å². The van der Waals surface area contributed by atoms with E-state index in [4.69, 9.17) is 5.73 Å². The maximum Gasteiger partial charge on any atom is 0.159 e. The van der Waals surface area contributed by atoms with Gasteiger partial charge in [0.15, 0.2) is 11.6 Å². The Morgan fingerprint density at radius 2 is 1.89 bits per heavy atom. The highest BCUT2D eigenvalue weighted by molar-refractivity contribution is 5.27. The molecule has 0 amide bonds. The predicted molar refractivity (Wildman–Crippen MR) is 73.6 cm³/mol. The van der Waals surface area contributed by atoms with Crippen molar-refractivity contribution in [2.24, 2.45) is 23.5 Å². The predicted octanol–water partition coefficient (Wildman–Crippen LogP) is 4.21. The van der Waals surface area contributed by atoms with Crippen LogP contribution in [0.5, 0.6) is 0 Å². The third-order valence-electron chi connectivity index (χ3n) is 4.58. The van der Waals surface area contributed by atoms with Crippen LogP contribution in [0.4, 0.5) is 8.78 Å². The first-order valence-corrected chi connectivity index (χ1v) is 7.09. The van der Waals surface area contributed by atoms with E-state index in [-0.39, 0.29) is 0 Å². The standard InChI is InChI=1S/C16H23F2N/c1-10(2)13-6-4-11(3)9-16(13,19)12-5-7-14(17)15(18)8-12/h5,7-8,10-11,13H,4,6,9,19H2,1-3H3. The minimum absolute atomic E-state index is 0.313. The second kappa shape index (κ2) is 5.20. The number of nitrogens with two attached hydrogens (primary N) is 1. The van der Waals surface area contributed by atoms with Crippen LogP contribution in [0.25, 0.3) is 0 Å². The lowest BCUT2D eigenvalue weighted by molar-refractivity contribution is 0.108. The van der Waals surface area contributed by atoms with Crippen LogP contribution in [-0.2, 0) is 5.54 Å². The normalized spacial score (nSPS) is 31.7. The van der Waals surface area contributed by atoms with Crippen molar-refractivity contribution in [3.05, 3.63) is 35.4 Å². The van der Waals surface area contributed by atoms with Gasteiger partial charge in [-0.05, 0) is 48.3 Å². The molecule has 1 aliphatic rings. The molecule has 0 saturated heterocycles. The van der Waals surface area contributed by atoms with Crippen molar-refractivity contribution in [1.82, 2.24) is 0 Å². The molecule has 2 N–H and O–H groups in total. The van der Waals surface area contributed by atoms with E-state index in [2.05, 4.69) is 20.8 Å². The Bertz CT molecular complexity index is 458. The molecular weight excluding hydrogens is 244 g/mol. The van der Waals surface area contributed by atoms with Gasteiger partial charge in [-0.1, -0.05) is 33.3 Å². The molecule has 1 aliphatic carbocycles. The molecule has 0 radical (unpaired) electrons. The lowest BCUT2D eigenvalue weighted by atomic mass is 9.63.